The number of fused-ring (bicyclic) bond motifs is 1. The fourth-order valence-corrected chi connectivity index (χ4v) is 4.30. The minimum atomic E-state index is -2.31. The number of benzene rings is 1. The van der Waals surface area contributed by atoms with Crippen LogP contribution in [0.15, 0.2) is 29.1 Å². The average molecular weight is 562 g/mol. The Morgan fingerprint density at radius 3 is 2.50 bits per heavy atom. The summed E-state index contributed by atoms with van der Waals surface area (Å²) in [6.07, 6.45) is -2.27. The van der Waals surface area contributed by atoms with Crippen molar-refractivity contribution < 1.29 is 34.5 Å². The number of nitrogens with zero attached hydrogens (tertiary/aromatic N) is 2. The Labute approximate surface area is 226 Å². The molecule has 1 aliphatic rings. The molecule has 3 rings (SSSR count). The summed E-state index contributed by atoms with van der Waals surface area (Å²) >= 11 is 0. The molecule has 2 amide bonds. The second kappa shape index (κ2) is 12.4. The van der Waals surface area contributed by atoms with Crippen LogP contribution in [0.2, 0.25) is 0 Å². The summed E-state index contributed by atoms with van der Waals surface area (Å²) in [5, 5.41) is 37.4. The lowest BCUT2D eigenvalue weighted by molar-refractivity contribution is -0.148. The number of hydrogen-bond acceptors (Lipinski definition) is 12. The van der Waals surface area contributed by atoms with Crippen molar-refractivity contribution in [2.75, 3.05) is 40.9 Å². The lowest BCUT2D eigenvalue weighted by Crippen LogP contribution is -2.69. The van der Waals surface area contributed by atoms with Crippen molar-refractivity contribution in [3.63, 3.8) is 0 Å². The molecule has 1 aromatic carbocycles. The Morgan fingerprint density at radius 2 is 1.93 bits per heavy atom. The number of amides is 2. The first-order chi connectivity index (χ1) is 18.9. The van der Waals surface area contributed by atoms with Crippen LogP contribution in [0.25, 0.3) is 0 Å². The number of aromatic nitrogens is 2. The van der Waals surface area contributed by atoms with E-state index in [-0.39, 0.29) is 36.1 Å². The van der Waals surface area contributed by atoms with E-state index in [0.717, 1.165) is 0 Å². The number of nitrogen functional groups attached to an aromatic ring is 1. The Hall–Kier alpha value is -4.74. The summed E-state index contributed by atoms with van der Waals surface area (Å²) in [6, 6.07) is 3.72. The van der Waals surface area contributed by atoms with Crippen molar-refractivity contribution in [2.45, 2.75) is 36.6 Å². The largest absolute Gasteiger partial charge is 0.481 e. The summed E-state index contributed by atoms with van der Waals surface area (Å²) in [5.41, 5.74) is 14.6. The first-order valence-corrected chi connectivity index (χ1v) is 12.1. The normalized spacial score (nSPS) is 17.4. The van der Waals surface area contributed by atoms with Crippen molar-refractivity contribution in [1.29, 1.82) is 0 Å². The van der Waals surface area contributed by atoms with Gasteiger partial charge in [-0.15, -0.1) is 0 Å². The molecule has 2 heterocycles. The molecule has 0 spiro atoms. The number of aliphatic hydroxyl groups is 1. The second-order valence-corrected chi connectivity index (χ2v) is 9.11. The number of aliphatic hydroxyl groups excluding tert-OH is 1. The molecule has 0 fully saturated rings. The minimum absolute atomic E-state index is 0.0250. The molecule has 4 atom stereocenters. The van der Waals surface area contributed by atoms with Crippen molar-refractivity contribution in [3.8, 4) is 0 Å². The lowest BCUT2D eigenvalue weighted by Gasteiger charge is -2.37. The van der Waals surface area contributed by atoms with E-state index < -0.39 is 66.5 Å². The number of carboxylic acid groups (broad SMARTS) is 2. The molecular formula is C23H31N9O8. The minimum Gasteiger partial charge on any atom is -0.481 e. The van der Waals surface area contributed by atoms with Crippen molar-refractivity contribution in [1.82, 2.24) is 15.3 Å². The van der Waals surface area contributed by atoms with E-state index >= 15 is 0 Å². The average Bonchev–Trinajstić information content (AvgIpc) is 2.92. The van der Waals surface area contributed by atoms with Gasteiger partial charge in [0.2, 0.25) is 12.4 Å². The van der Waals surface area contributed by atoms with Crippen LogP contribution in [0.3, 0.4) is 0 Å². The van der Waals surface area contributed by atoms with Gasteiger partial charge in [0.1, 0.15) is 0 Å². The molecule has 0 bridgehead atoms. The highest BCUT2D eigenvalue weighted by Crippen LogP contribution is 2.26. The van der Waals surface area contributed by atoms with Crippen LogP contribution in [0.5, 0.6) is 0 Å². The van der Waals surface area contributed by atoms with Crippen molar-refractivity contribution in [3.05, 3.63) is 40.2 Å². The highest BCUT2D eigenvalue weighted by molar-refractivity contribution is 5.98. The molecule has 1 aromatic heterocycles. The number of carboxylic acids is 2. The molecule has 0 aliphatic carbocycles. The van der Waals surface area contributed by atoms with Crippen LogP contribution in [0, 0.1) is 0 Å². The van der Waals surface area contributed by atoms with Gasteiger partial charge in [0.25, 0.3) is 11.5 Å². The smallest absolute Gasteiger partial charge is 0.331 e. The van der Waals surface area contributed by atoms with E-state index in [1.165, 1.54) is 29.2 Å². The molecule has 0 radical (unpaired) electrons. The molecule has 17 nitrogen and oxygen atoms in total. The maximum absolute atomic E-state index is 13.0. The predicted molar refractivity (Wildman–Crippen MR) is 143 cm³/mol. The number of carbonyl (C=O) groups is 4. The van der Waals surface area contributed by atoms with E-state index in [1.807, 2.05) is 0 Å². The van der Waals surface area contributed by atoms with Crippen molar-refractivity contribution in [2.24, 2.45) is 11.5 Å². The lowest BCUT2D eigenvalue weighted by atomic mass is 9.82. The molecule has 0 saturated carbocycles. The zero-order valence-electron chi connectivity index (χ0n) is 21.2. The maximum atomic E-state index is 13.0. The third-order valence-corrected chi connectivity index (χ3v) is 6.55. The fourth-order valence-electron chi connectivity index (χ4n) is 4.30. The van der Waals surface area contributed by atoms with E-state index in [0.29, 0.717) is 12.1 Å². The highest BCUT2D eigenvalue weighted by atomic mass is 16.4. The first kappa shape index (κ1) is 29.8. The van der Waals surface area contributed by atoms with Crippen LogP contribution in [0.4, 0.5) is 23.1 Å². The van der Waals surface area contributed by atoms with Gasteiger partial charge in [0.15, 0.2) is 17.0 Å². The SMILES string of the molecule is NCC(O)C(N)C(CCC(=O)O)(NC(=O)c1ccc(NCC2CNc3nc(N)[nH]c(=O)c3N2C=O)cc1)C(=O)O. The zero-order chi connectivity index (χ0) is 29.6. The number of carbonyl (C=O) groups excluding carboxylic acids is 2. The Morgan fingerprint density at radius 1 is 1.25 bits per heavy atom. The molecule has 2 aromatic rings. The van der Waals surface area contributed by atoms with E-state index in [9.17, 15) is 34.2 Å². The summed E-state index contributed by atoms with van der Waals surface area (Å²) < 4.78 is 0. The van der Waals surface area contributed by atoms with E-state index in [1.54, 1.807) is 0 Å². The zero-order valence-corrected chi connectivity index (χ0v) is 21.2. The topological polar surface area (TPSA) is 292 Å². The number of nitrogens with two attached hydrogens (primary N) is 3. The predicted octanol–water partition coefficient (Wildman–Crippen LogP) is -2.71. The number of anilines is 4. The van der Waals surface area contributed by atoms with Crippen LogP contribution < -0.4 is 43.6 Å². The number of nitrogens with one attached hydrogen (secondary N) is 4. The Kier molecular flexibility index (Phi) is 9.25. The number of aromatic amines is 1. The summed E-state index contributed by atoms with van der Waals surface area (Å²) in [5.74, 6) is -3.73. The second-order valence-electron chi connectivity index (χ2n) is 9.11. The van der Waals surface area contributed by atoms with Crippen LogP contribution in [0.1, 0.15) is 23.2 Å². The monoisotopic (exact) mass is 561 g/mol. The van der Waals surface area contributed by atoms with Crippen molar-refractivity contribution >= 4 is 47.4 Å². The Balaban J connectivity index is 1.73. The number of hydrogen-bond donors (Lipinski definition) is 10. The van der Waals surface area contributed by atoms with Gasteiger partial charge in [0.05, 0.1) is 18.2 Å². The number of rotatable bonds is 13. The molecular weight excluding hydrogens is 530 g/mol. The number of aliphatic carboxylic acids is 2. The quantitative estimate of drug-likeness (QED) is 0.111. The first-order valence-electron chi connectivity index (χ1n) is 12.1. The molecule has 40 heavy (non-hydrogen) atoms. The summed E-state index contributed by atoms with van der Waals surface area (Å²) in [6.45, 7) is 0.0451. The fraction of sp³-hybridized carbons (Fsp3) is 0.391. The summed E-state index contributed by atoms with van der Waals surface area (Å²) in [7, 11) is 0. The van der Waals surface area contributed by atoms with Gasteiger partial charge in [-0.3, -0.25) is 24.2 Å². The molecule has 4 unspecified atom stereocenters. The van der Waals surface area contributed by atoms with Gasteiger partial charge >= 0.3 is 11.9 Å². The van der Waals surface area contributed by atoms with Crippen LogP contribution in [-0.2, 0) is 14.4 Å². The summed E-state index contributed by atoms with van der Waals surface area (Å²) in [4.78, 5) is 68.0. The van der Waals surface area contributed by atoms with Crippen LogP contribution in [-0.4, -0.2) is 92.9 Å². The van der Waals surface area contributed by atoms with Gasteiger partial charge in [-0.25, -0.2) is 4.79 Å². The molecule has 17 heteroatoms. The standard InChI is InChI=1S/C23H31N9O8/c24-7-14(34)17(25)23(21(39)40,6-5-15(35)36)31-19(37)11-1-3-12(4-2-11)27-8-13-9-28-18-16(32(13)10-33)20(38)30-22(26)29-18/h1-4,10,13-14,17,27,34H,5-9,24-25H2,(H,31,37)(H,35,36)(H,39,40)(H4,26,28,29,30,38). The molecule has 1 aliphatic heterocycles. The Bertz CT molecular complexity index is 1320. The third kappa shape index (κ3) is 6.28. The van der Waals surface area contributed by atoms with Gasteiger partial charge < -0.3 is 53.4 Å². The van der Waals surface area contributed by atoms with Gasteiger partial charge in [-0.1, -0.05) is 0 Å². The maximum Gasteiger partial charge on any atom is 0.331 e. The van der Waals surface area contributed by atoms with Crippen LogP contribution >= 0.6 is 0 Å². The highest BCUT2D eigenvalue weighted by Gasteiger charge is 2.48. The van der Waals surface area contributed by atoms with Gasteiger partial charge in [-0.2, -0.15) is 4.98 Å². The molecule has 0 saturated heterocycles. The van der Waals surface area contributed by atoms with E-state index in [4.69, 9.17) is 22.3 Å². The third-order valence-electron chi connectivity index (χ3n) is 6.55. The van der Waals surface area contributed by atoms with Gasteiger partial charge in [0, 0.05) is 37.3 Å². The number of H-pyrrole nitrogens is 1. The molecule has 13 N–H and O–H groups in total. The van der Waals surface area contributed by atoms with Gasteiger partial charge in [-0.05, 0) is 30.7 Å². The molecule has 216 valence electrons. The van der Waals surface area contributed by atoms with E-state index in [2.05, 4.69) is 25.9 Å².